The number of rotatable bonds is 6. The minimum Gasteiger partial charge on any atom is -0.390 e. The molecule has 1 heterocycles. The van der Waals surface area contributed by atoms with Gasteiger partial charge in [0.05, 0.1) is 12.3 Å². The van der Waals surface area contributed by atoms with Crippen LogP contribution in [0.5, 0.6) is 0 Å². The van der Waals surface area contributed by atoms with Gasteiger partial charge in [0.15, 0.2) is 6.10 Å². The highest BCUT2D eigenvalue weighted by atomic mass is 35.5. The number of nitrogens with zero attached hydrogens (tertiary/aromatic N) is 2. The molecule has 31 heavy (non-hydrogen) atoms. The van der Waals surface area contributed by atoms with Gasteiger partial charge in [0.1, 0.15) is 5.82 Å². The van der Waals surface area contributed by atoms with E-state index in [-0.39, 0.29) is 30.7 Å². The van der Waals surface area contributed by atoms with E-state index in [4.69, 9.17) is 28.0 Å². The van der Waals surface area contributed by atoms with Crippen molar-refractivity contribution in [3.05, 3.63) is 105 Å². The number of amides is 1. The van der Waals surface area contributed by atoms with Crippen LogP contribution in [0.25, 0.3) is 0 Å². The highest BCUT2D eigenvalue weighted by molar-refractivity contribution is 6.31. The molecule has 1 aliphatic heterocycles. The van der Waals surface area contributed by atoms with Gasteiger partial charge in [0.2, 0.25) is 0 Å². The van der Waals surface area contributed by atoms with E-state index in [9.17, 15) is 9.18 Å². The Labute approximate surface area is 189 Å². The lowest BCUT2D eigenvalue weighted by atomic mass is 10.0. The maximum absolute atomic E-state index is 13.7. The van der Waals surface area contributed by atoms with Gasteiger partial charge < -0.3 is 9.74 Å². The third kappa shape index (κ3) is 5.24. The van der Waals surface area contributed by atoms with Crippen molar-refractivity contribution in [1.29, 1.82) is 0 Å². The van der Waals surface area contributed by atoms with Crippen molar-refractivity contribution < 1.29 is 14.0 Å². The molecular weight excluding hydrogens is 438 g/mol. The minimum atomic E-state index is -0.464. The Morgan fingerprint density at radius 3 is 2.58 bits per heavy atom. The van der Waals surface area contributed by atoms with Gasteiger partial charge in [-0.15, -0.1) is 0 Å². The summed E-state index contributed by atoms with van der Waals surface area (Å²) in [5.74, 6) is -0.767. The molecule has 0 fully saturated rings. The molecule has 0 N–H and O–H groups in total. The third-order valence-corrected chi connectivity index (χ3v) is 5.63. The van der Waals surface area contributed by atoms with E-state index in [1.165, 1.54) is 18.2 Å². The Balaban J connectivity index is 1.53. The second kappa shape index (κ2) is 9.50. The first-order valence-electron chi connectivity index (χ1n) is 9.76. The van der Waals surface area contributed by atoms with Crippen molar-refractivity contribution in [3.63, 3.8) is 0 Å². The van der Waals surface area contributed by atoms with Gasteiger partial charge in [-0.2, -0.15) is 0 Å². The summed E-state index contributed by atoms with van der Waals surface area (Å²) in [5.41, 5.74) is 2.77. The van der Waals surface area contributed by atoms with Crippen molar-refractivity contribution >= 4 is 34.8 Å². The van der Waals surface area contributed by atoms with Crippen LogP contribution in [-0.4, -0.2) is 29.2 Å². The van der Waals surface area contributed by atoms with Crippen molar-refractivity contribution in [2.24, 2.45) is 5.16 Å². The molecule has 1 aliphatic rings. The standard InChI is InChI=1S/C24H19Cl2FN2O2/c25-19-10-8-16(9-11-19)23-13-21(31-28-23)15-29(14-18-4-1-2-7-22(18)26)24(30)17-5-3-6-20(27)12-17/h1-12,21H,13-15H2/t21-/m0/s1. The lowest BCUT2D eigenvalue weighted by molar-refractivity contribution is 0.0405. The quantitative estimate of drug-likeness (QED) is 0.458. The van der Waals surface area contributed by atoms with Crippen LogP contribution in [-0.2, 0) is 11.4 Å². The first kappa shape index (κ1) is 21.3. The van der Waals surface area contributed by atoms with Crippen molar-refractivity contribution in [1.82, 2.24) is 4.90 Å². The smallest absolute Gasteiger partial charge is 0.254 e. The fraction of sp³-hybridized carbons (Fsp3) is 0.167. The van der Waals surface area contributed by atoms with Crippen LogP contribution in [0.15, 0.2) is 78.0 Å². The molecule has 0 radical (unpaired) electrons. The summed E-state index contributed by atoms with van der Waals surface area (Å²) in [6.45, 7) is 0.548. The fourth-order valence-electron chi connectivity index (χ4n) is 3.44. The lowest BCUT2D eigenvalue weighted by Crippen LogP contribution is -2.37. The second-order valence-corrected chi connectivity index (χ2v) is 8.11. The topological polar surface area (TPSA) is 41.9 Å². The zero-order valence-electron chi connectivity index (χ0n) is 16.5. The Morgan fingerprint density at radius 1 is 1.06 bits per heavy atom. The average molecular weight is 457 g/mol. The highest BCUT2D eigenvalue weighted by Crippen LogP contribution is 2.23. The van der Waals surface area contributed by atoms with Gasteiger partial charge in [0, 0.05) is 28.6 Å². The predicted molar refractivity (Wildman–Crippen MR) is 120 cm³/mol. The molecule has 7 heteroatoms. The number of carbonyl (C=O) groups excluding carboxylic acids is 1. The number of halogens is 3. The first-order valence-corrected chi connectivity index (χ1v) is 10.5. The van der Waals surface area contributed by atoms with Crippen LogP contribution in [0.4, 0.5) is 4.39 Å². The molecule has 3 aromatic rings. The zero-order chi connectivity index (χ0) is 21.8. The summed E-state index contributed by atoms with van der Waals surface area (Å²) < 4.78 is 13.7. The summed E-state index contributed by atoms with van der Waals surface area (Å²) in [5, 5.41) is 5.40. The maximum Gasteiger partial charge on any atom is 0.254 e. The molecule has 0 unspecified atom stereocenters. The van der Waals surface area contributed by atoms with E-state index in [1.54, 1.807) is 29.2 Å². The summed E-state index contributed by atoms with van der Waals surface area (Å²) >= 11 is 12.3. The molecule has 0 aromatic heterocycles. The third-order valence-electron chi connectivity index (χ3n) is 5.01. The fourth-order valence-corrected chi connectivity index (χ4v) is 3.76. The second-order valence-electron chi connectivity index (χ2n) is 7.26. The SMILES string of the molecule is O=C(c1cccc(F)c1)N(Cc1ccccc1Cl)C[C@@H]1CC(c2ccc(Cl)cc2)=NO1. The molecule has 0 saturated carbocycles. The minimum absolute atomic E-state index is 0.267. The molecule has 4 rings (SSSR count). The largest absolute Gasteiger partial charge is 0.390 e. The van der Waals surface area contributed by atoms with Crippen LogP contribution in [0.2, 0.25) is 10.0 Å². The van der Waals surface area contributed by atoms with Gasteiger partial charge in [0.25, 0.3) is 5.91 Å². The molecule has 0 bridgehead atoms. The number of carbonyl (C=O) groups is 1. The van der Waals surface area contributed by atoms with Crippen LogP contribution in [0.1, 0.15) is 27.9 Å². The molecule has 4 nitrogen and oxygen atoms in total. The van der Waals surface area contributed by atoms with Gasteiger partial charge in [-0.1, -0.05) is 64.8 Å². The Hall–Kier alpha value is -2.89. The zero-order valence-corrected chi connectivity index (χ0v) is 18.0. The molecule has 1 amide bonds. The van der Waals surface area contributed by atoms with E-state index < -0.39 is 5.82 Å². The molecule has 0 aliphatic carbocycles. The Bertz CT molecular complexity index is 1120. The summed E-state index contributed by atoms with van der Waals surface area (Å²) in [4.78, 5) is 20.4. The Morgan fingerprint density at radius 2 is 1.84 bits per heavy atom. The summed E-state index contributed by atoms with van der Waals surface area (Å²) in [6.07, 6.45) is 0.211. The number of hydrogen-bond acceptors (Lipinski definition) is 3. The molecule has 3 aromatic carbocycles. The van der Waals surface area contributed by atoms with Crippen LogP contribution < -0.4 is 0 Å². The number of hydrogen-bond donors (Lipinski definition) is 0. The summed E-state index contributed by atoms with van der Waals surface area (Å²) in [7, 11) is 0. The van der Waals surface area contributed by atoms with E-state index in [0.29, 0.717) is 16.5 Å². The van der Waals surface area contributed by atoms with E-state index >= 15 is 0 Å². The van der Waals surface area contributed by atoms with Gasteiger partial charge in [-0.05, 0) is 47.5 Å². The lowest BCUT2D eigenvalue weighted by Gasteiger charge is -2.25. The van der Waals surface area contributed by atoms with E-state index in [0.717, 1.165) is 16.8 Å². The van der Waals surface area contributed by atoms with Gasteiger partial charge in [-0.25, -0.2) is 4.39 Å². The van der Waals surface area contributed by atoms with Crippen LogP contribution in [0, 0.1) is 5.82 Å². The predicted octanol–water partition coefficient (Wildman–Crippen LogP) is 5.97. The van der Waals surface area contributed by atoms with Crippen LogP contribution >= 0.6 is 23.2 Å². The van der Waals surface area contributed by atoms with Gasteiger partial charge in [-0.3, -0.25) is 4.79 Å². The average Bonchev–Trinajstić information content (AvgIpc) is 3.23. The summed E-state index contributed by atoms with van der Waals surface area (Å²) in [6, 6.07) is 20.3. The van der Waals surface area contributed by atoms with Crippen molar-refractivity contribution in [3.8, 4) is 0 Å². The normalized spacial score (nSPS) is 15.3. The molecule has 1 atom stereocenters. The maximum atomic E-state index is 13.7. The van der Waals surface area contributed by atoms with Crippen molar-refractivity contribution in [2.75, 3.05) is 6.54 Å². The van der Waals surface area contributed by atoms with Crippen LogP contribution in [0.3, 0.4) is 0 Å². The molecular formula is C24H19Cl2FN2O2. The first-order chi connectivity index (χ1) is 15.0. The van der Waals surface area contributed by atoms with Gasteiger partial charge >= 0.3 is 0 Å². The molecule has 158 valence electrons. The monoisotopic (exact) mass is 456 g/mol. The van der Waals surface area contributed by atoms with E-state index in [2.05, 4.69) is 5.16 Å². The number of oxime groups is 1. The number of benzene rings is 3. The van der Waals surface area contributed by atoms with Crippen molar-refractivity contribution in [2.45, 2.75) is 19.1 Å². The van der Waals surface area contributed by atoms with E-state index in [1.807, 2.05) is 30.3 Å². The highest BCUT2D eigenvalue weighted by Gasteiger charge is 2.28. The molecule has 0 saturated heterocycles. The molecule has 0 spiro atoms. The Kier molecular flexibility index (Phi) is 6.54.